The van der Waals surface area contributed by atoms with Crippen LogP contribution in [-0.2, 0) is 4.74 Å². The fourth-order valence-corrected chi connectivity index (χ4v) is 1.94. The van der Waals surface area contributed by atoms with Crippen LogP contribution >= 0.6 is 0 Å². The summed E-state index contributed by atoms with van der Waals surface area (Å²) >= 11 is 0. The molecule has 1 aliphatic rings. The standard InChI is InChI=1S/C12H18N4O2/c1-8-7-18-9(2)6-16(8)12(17)11-4-3-10(15-13)5-14-11/h3-5,8-9,15H,6-7,13H2,1-2H3. The lowest BCUT2D eigenvalue weighted by molar-refractivity contribution is -0.0389. The zero-order valence-electron chi connectivity index (χ0n) is 10.6. The number of nitrogens with zero attached hydrogens (tertiary/aromatic N) is 2. The third-order valence-corrected chi connectivity index (χ3v) is 3.02. The minimum atomic E-state index is -0.0683. The number of hydrogen-bond donors (Lipinski definition) is 2. The number of nitrogens with two attached hydrogens (primary N) is 1. The summed E-state index contributed by atoms with van der Waals surface area (Å²) in [5.41, 5.74) is 3.58. The normalized spacial score (nSPS) is 23.8. The van der Waals surface area contributed by atoms with Crippen molar-refractivity contribution in [3.8, 4) is 0 Å². The molecular formula is C12H18N4O2. The SMILES string of the molecule is CC1CN(C(=O)c2ccc(NN)cn2)C(C)CO1. The van der Waals surface area contributed by atoms with E-state index in [0.717, 1.165) is 0 Å². The fourth-order valence-electron chi connectivity index (χ4n) is 1.94. The highest BCUT2D eigenvalue weighted by Gasteiger charge is 2.28. The molecule has 2 heterocycles. The first-order chi connectivity index (χ1) is 8.61. The predicted octanol–water partition coefficient (Wildman–Crippen LogP) is 0.617. The number of hydrogen-bond acceptors (Lipinski definition) is 5. The van der Waals surface area contributed by atoms with E-state index in [9.17, 15) is 4.79 Å². The van der Waals surface area contributed by atoms with Crippen LogP contribution < -0.4 is 11.3 Å². The van der Waals surface area contributed by atoms with Crippen LogP contribution in [0.4, 0.5) is 5.69 Å². The molecule has 0 spiro atoms. The van der Waals surface area contributed by atoms with Gasteiger partial charge in [-0.05, 0) is 26.0 Å². The third-order valence-electron chi connectivity index (χ3n) is 3.02. The Morgan fingerprint density at radius 1 is 1.56 bits per heavy atom. The molecule has 0 saturated carbocycles. The molecule has 0 aromatic carbocycles. The Hall–Kier alpha value is -1.66. The Kier molecular flexibility index (Phi) is 3.78. The lowest BCUT2D eigenvalue weighted by Crippen LogP contribution is -2.50. The number of carbonyl (C=O) groups excluding carboxylic acids is 1. The van der Waals surface area contributed by atoms with Gasteiger partial charge in [0.15, 0.2) is 0 Å². The number of carbonyl (C=O) groups is 1. The van der Waals surface area contributed by atoms with Crippen molar-refractivity contribution < 1.29 is 9.53 Å². The summed E-state index contributed by atoms with van der Waals surface area (Å²) in [6.45, 7) is 5.09. The monoisotopic (exact) mass is 250 g/mol. The van der Waals surface area contributed by atoms with Gasteiger partial charge in [0.05, 0.1) is 30.6 Å². The number of nitrogen functional groups attached to an aromatic ring is 1. The Balaban J connectivity index is 2.13. The largest absolute Gasteiger partial charge is 0.375 e. The minimum absolute atomic E-state index is 0.0649. The van der Waals surface area contributed by atoms with Crippen LogP contribution in [0.25, 0.3) is 0 Å². The van der Waals surface area contributed by atoms with Crippen molar-refractivity contribution in [1.29, 1.82) is 0 Å². The van der Waals surface area contributed by atoms with Crippen LogP contribution in [0, 0.1) is 0 Å². The second-order valence-corrected chi connectivity index (χ2v) is 4.53. The number of hydrazine groups is 1. The minimum Gasteiger partial charge on any atom is -0.375 e. The van der Waals surface area contributed by atoms with Crippen molar-refractivity contribution in [2.75, 3.05) is 18.6 Å². The van der Waals surface area contributed by atoms with Crippen molar-refractivity contribution in [1.82, 2.24) is 9.88 Å². The van der Waals surface area contributed by atoms with E-state index < -0.39 is 0 Å². The van der Waals surface area contributed by atoms with Gasteiger partial charge in [-0.25, -0.2) is 4.98 Å². The van der Waals surface area contributed by atoms with Crippen LogP contribution in [0.5, 0.6) is 0 Å². The second-order valence-electron chi connectivity index (χ2n) is 4.53. The van der Waals surface area contributed by atoms with E-state index in [1.165, 1.54) is 0 Å². The Morgan fingerprint density at radius 3 is 2.94 bits per heavy atom. The molecule has 0 aliphatic carbocycles. The van der Waals surface area contributed by atoms with Gasteiger partial charge in [-0.1, -0.05) is 0 Å². The molecular weight excluding hydrogens is 232 g/mol. The van der Waals surface area contributed by atoms with Crippen LogP contribution in [-0.4, -0.2) is 41.1 Å². The maximum Gasteiger partial charge on any atom is 0.272 e. The molecule has 2 atom stereocenters. The van der Waals surface area contributed by atoms with Gasteiger partial charge in [0, 0.05) is 6.54 Å². The molecule has 6 heteroatoms. The highest BCUT2D eigenvalue weighted by Crippen LogP contribution is 2.15. The molecule has 0 bridgehead atoms. The molecule has 1 aromatic heterocycles. The molecule has 18 heavy (non-hydrogen) atoms. The van der Waals surface area contributed by atoms with E-state index in [1.54, 1.807) is 23.2 Å². The van der Waals surface area contributed by atoms with Gasteiger partial charge in [-0.3, -0.25) is 10.6 Å². The maximum absolute atomic E-state index is 12.3. The van der Waals surface area contributed by atoms with Crippen LogP contribution in [0.15, 0.2) is 18.3 Å². The Labute approximate surface area is 106 Å². The van der Waals surface area contributed by atoms with Gasteiger partial charge in [-0.15, -0.1) is 0 Å². The third kappa shape index (κ3) is 2.60. The van der Waals surface area contributed by atoms with Gasteiger partial charge in [0.2, 0.25) is 0 Å². The first kappa shape index (κ1) is 12.8. The van der Waals surface area contributed by atoms with Crippen LogP contribution in [0.1, 0.15) is 24.3 Å². The summed E-state index contributed by atoms with van der Waals surface area (Å²) in [6, 6.07) is 3.47. The highest BCUT2D eigenvalue weighted by molar-refractivity contribution is 5.92. The van der Waals surface area contributed by atoms with Crippen molar-refractivity contribution in [3.05, 3.63) is 24.0 Å². The molecule has 1 aliphatic heterocycles. The van der Waals surface area contributed by atoms with Crippen molar-refractivity contribution in [3.63, 3.8) is 0 Å². The van der Waals surface area contributed by atoms with E-state index in [1.807, 2.05) is 13.8 Å². The number of nitrogens with one attached hydrogen (secondary N) is 1. The number of pyridine rings is 1. The number of ether oxygens (including phenoxy) is 1. The molecule has 0 radical (unpaired) electrons. The van der Waals surface area contributed by atoms with Crippen molar-refractivity contribution in [2.45, 2.75) is 26.0 Å². The van der Waals surface area contributed by atoms with Gasteiger partial charge in [0.25, 0.3) is 5.91 Å². The van der Waals surface area contributed by atoms with Crippen molar-refractivity contribution >= 4 is 11.6 Å². The van der Waals surface area contributed by atoms with Gasteiger partial charge in [0.1, 0.15) is 5.69 Å². The van der Waals surface area contributed by atoms with E-state index in [2.05, 4.69) is 10.4 Å². The Bertz CT molecular complexity index is 421. The summed E-state index contributed by atoms with van der Waals surface area (Å²) in [6.07, 6.45) is 1.61. The highest BCUT2D eigenvalue weighted by atomic mass is 16.5. The molecule has 1 aromatic rings. The zero-order valence-corrected chi connectivity index (χ0v) is 10.6. The summed E-state index contributed by atoms with van der Waals surface area (Å²) in [5, 5.41) is 0. The van der Waals surface area contributed by atoms with Gasteiger partial charge in [-0.2, -0.15) is 0 Å². The fraction of sp³-hybridized carbons (Fsp3) is 0.500. The summed E-state index contributed by atoms with van der Waals surface area (Å²) < 4.78 is 5.50. The first-order valence-electron chi connectivity index (χ1n) is 5.97. The number of amides is 1. The predicted molar refractivity (Wildman–Crippen MR) is 68.0 cm³/mol. The lowest BCUT2D eigenvalue weighted by Gasteiger charge is -2.36. The number of rotatable bonds is 2. The number of morpholine rings is 1. The average Bonchev–Trinajstić information content (AvgIpc) is 2.41. The smallest absolute Gasteiger partial charge is 0.272 e. The number of anilines is 1. The molecule has 2 rings (SSSR count). The van der Waals surface area contributed by atoms with Crippen molar-refractivity contribution in [2.24, 2.45) is 5.84 Å². The number of aromatic nitrogens is 1. The molecule has 1 fully saturated rings. The van der Waals surface area contributed by atoms with E-state index >= 15 is 0 Å². The average molecular weight is 250 g/mol. The maximum atomic E-state index is 12.3. The van der Waals surface area contributed by atoms with Gasteiger partial charge < -0.3 is 15.1 Å². The first-order valence-corrected chi connectivity index (χ1v) is 5.97. The quantitative estimate of drug-likeness (QED) is 0.594. The van der Waals surface area contributed by atoms with Crippen LogP contribution in [0.2, 0.25) is 0 Å². The van der Waals surface area contributed by atoms with Crippen LogP contribution in [0.3, 0.4) is 0 Å². The molecule has 2 unspecified atom stereocenters. The van der Waals surface area contributed by atoms with E-state index in [-0.39, 0.29) is 18.1 Å². The van der Waals surface area contributed by atoms with E-state index in [4.69, 9.17) is 10.6 Å². The molecule has 1 saturated heterocycles. The molecule has 1 amide bonds. The lowest BCUT2D eigenvalue weighted by atomic mass is 10.2. The topological polar surface area (TPSA) is 80.5 Å². The molecule has 6 nitrogen and oxygen atoms in total. The molecule has 3 N–H and O–H groups in total. The summed E-state index contributed by atoms with van der Waals surface area (Å²) in [5.74, 6) is 5.19. The van der Waals surface area contributed by atoms with E-state index in [0.29, 0.717) is 24.5 Å². The second kappa shape index (κ2) is 5.32. The Morgan fingerprint density at radius 2 is 2.33 bits per heavy atom. The summed E-state index contributed by atoms with van der Waals surface area (Å²) in [4.78, 5) is 18.2. The molecule has 98 valence electrons. The summed E-state index contributed by atoms with van der Waals surface area (Å²) in [7, 11) is 0. The van der Waals surface area contributed by atoms with Gasteiger partial charge >= 0.3 is 0 Å². The zero-order chi connectivity index (χ0) is 13.1.